The van der Waals surface area contributed by atoms with Gasteiger partial charge in [0, 0.05) is 6.54 Å². The smallest absolute Gasteiger partial charge is 0.0900 e. The van der Waals surface area contributed by atoms with Crippen molar-refractivity contribution in [2.45, 2.75) is 46.7 Å². The Kier molecular flexibility index (Phi) is 5.35. The first-order valence-electron chi connectivity index (χ1n) is 6.96. The van der Waals surface area contributed by atoms with Crippen LogP contribution in [0.5, 0.6) is 0 Å². The summed E-state index contributed by atoms with van der Waals surface area (Å²) in [5.41, 5.74) is 2.30. The van der Waals surface area contributed by atoms with Gasteiger partial charge in [-0.25, -0.2) is 4.98 Å². The lowest BCUT2D eigenvalue weighted by Gasteiger charge is -2.19. The van der Waals surface area contributed by atoms with Gasteiger partial charge in [-0.15, -0.1) is 11.3 Å². The highest BCUT2D eigenvalue weighted by molar-refractivity contribution is 9.10. The fourth-order valence-corrected chi connectivity index (χ4v) is 3.91. The summed E-state index contributed by atoms with van der Waals surface area (Å²) < 4.78 is 3.15. The summed E-state index contributed by atoms with van der Waals surface area (Å²) in [6.45, 7) is 10.3. The molecule has 1 N–H and O–H groups in total. The zero-order valence-electron chi connectivity index (χ0n) is 12.4. The molecular weight excluding hydrogens is 336 g/mol. The van der Waals surface area contributed by atoms with Gasteiger partial charge in [0.2, 0.25) is 0 Å². The number of hydrogen-bond acceptors (Lipinski definition) is 4. The number of aryl methyl sites for hydroxylation is 3. The molecule has 0 bridgehead atoms. The van der Waals surface area contributed by atoms with Crippen molar-refractivity contribution in [1.29, 1.82) is 0 Å². The van der Waals surface area contributed by atoms with Crippen molar-refractivity contribution >= 4 is 27.3 Å². The zero-order valence-corrected chi connectivity index (χ0v) is 14.8. The molecule has 110 valence electrons. The van der Waals surface area contributed by atoms with Gasteiger partial charge in [0.05, 0.1) is 38.0 Å². The second-order valence-electron chi connectivity index (χ2n) is 4.77. The van der Waals surface area contributed by atoms with Crippen LogP contribution in [0.25, 0.3) is 0 Å². The molecule has 4 nitrogen and oxygen atoms in total. The molecule has 20 heavy (non-hydrogen) atoms. The van der Waals surface area contributed by atoms with Crippen molar-refractivity contribution in [3.05, 3.63) is 31.9 Å². The first kappa shape index (κ1) is 15.7. The quantitative estimate of drug-likeness (QED) is 0.855. The molecule has 0 fully saturated rings. The van der Waals surface area contributed by atoms with Crippen LogP contribution in [0, 0.1) is 13.8 Å². The monoisotopic (exact) mass is 356 g/mol. The Morgan fingerprint density at radius 3 is 2.70 bits per heavy atom. The lowest BCUT2D eigenvalue weighted by molar-refractivity contribution is 0.521. The summed E-state index contributed by atoms with van der Waals surface area (Å²) in [4.78, 5) is 5.84. The van der Waals surface area contributed by atoms with E-state index in [1.54, 1.807) is 11.3 Å². The van der Waals surface area contributed by atoms with Crippen LogP contribution in [0.1, 0.15) is 47.6 Å². The lowest BCUT2D eigenvalue weighted by atomic mass is 10.1. The van der Waals surface area contributed by atoms with Crippen LogP contribution in [0.4, 0.5) is 0 Å². The number of halogens is 1. The SMILES string of the molecule is CCCn1ncc(Br)c1C(NCC)c1sc(C)nc1C. The van der Waals surface area contributed by atoms with Crippen LogP contribution in [0.3, 0.4) is 0 Å². The number of thiazole rings is 1. The van der Waals surface area contributed by atoms with E-state index >= 15 is 0 Å². The molecule has 6 heteroatoms. The zero-order chi connectivity index (χ0) is 14.7. The van der Waals surface area contributed by atoms with Gasteiger partial charge in [-0.1, -0.05) is 13.8 Å². The maximum Gasteiger partial charge on any atom is 0.0900 e. The minimum atomic E-state index is 0.148. The van der Waals surface area contributed by atoms with Crippen molar-refractivity contribution in [1.82, 2.24) is 20.1 Å². The van der Waals surface area contributed by atoms with Crippen LogP contribution in [-0.2, 0) is 6.54 Å². The topological polar surface area (TPSA) is 42.7 Å². The van der Waals surface area contributed by atoms with E-state index in [-0.39, 0.29) is 6.04 Å². The Hall–Kier alpha value is -0.720. The van der Waals surface area contributed by atoms with Crippen LogP contribution in [0.2, 0.25) is 0 Å². The van der Waals surface area contributed by atoms with Crippen LogP contribution >= 0.6 is 27.3 Å². The summed E-state index contributed by atoms with van der Waals surface area (Å²) in [5, 5.41) is 9.17. The third-order valence-corrected chi connectivity index (χ3v) is 4.90. The van der Waals surface area contributed by atoms with Gasteiger partial charge >= 0.3 is 0 Å². The molecule has 0 aliphatic heterocycles. The molecule has 2 aromatic heterocycles. The average Bonchev–Trinajstić information content (AvgIpc) is 2.91. The van der Waals surface area contributed by atoms with E-state index in [4.69, 9.17) is 0 Å². The molecule has 2 aromatic rings. The van der Waals surface area contributed by atoms with E-state index in [1.165, 1.54) is 10.6 Å². The van der Waals surface area contributed by atoms with E-state index < -0.39 is 0 Å². The predicted octanol–water partition coefficient (Wildman–Crippen LogP) is 3.83. The third-order valence-electron chi connectivity index (χ3n) is 3.15. The number of aromatic nitrogens is 3. The third kappa shape index (κ3) is 3.13. The molecule has 0 aliphatic carbocycles. The Bertz CT molecular complexity index is 576. The molecule has 2 rings (SSSR count). The molecule has 0 radical (unpaired) electrons. The Morgan fingerprint density at radius 2 is 2.15 bits per heavy atom. The molecule has 1 atom stereocenters. The normalized spacial score (nSPS) is 12.8. The second-order valence-corrected chi connectivity index (χ2v) is 6.86. The predicted molar refractivity (Wildman–Crippen MR) is 87.3 cm³/mol. The van der Waals surface area contributed by atoms with E-state index in [0.29, 0.717) is 0 Å². The molecule has 0 spiro atoms. The maximum atomic E-state index is 4.56. The Balaban J connectivity index is 2.48. The number of hydrogen-bond donors (Lipinski definition) is 1. The van der Waals surface area contributed by atoms with Gasteiger partial charge in [-0.2, -0.15) is 5.10 Å². The van der Waals surface area contributed by atoms with E-state index in [2.05, 4.69) is 63.7 Å². The molecule has 0 saturated carbocycles. The number of nitrogens with one attached hydrogen (secondary N) is 1. The molecule has 0 aliphatic rings. The van der Waals surface area contributed by atoms with Gasteiger partial charge in [0.25, 0.3) is 0 Å². The Labute approximate surface area is 132 Å². The van der Waals surface area contributed by atoms with Crippen LogP contribution < -0.4 is 5.32 Å². The minimum absolute atomic E-state index is 0.148. The van der Waals surface area contributed by atoms with E-state index in [9.17, 15) is 0 Å². The molecule has 2 heterocycles. The summed E-state index contributed by atoms with van der Waals surface area (Å²) in [5.74, 6) is 0. The standard InChI is InChI=1S/C14H21BrN4S/c1-5-7-19-13(11(15)8-17-19)12(16-6-2)14-9(3)18-10(4)20-14/h8,12,16H,5-7H2,1-4H3. The first-order valence-corrected chi connectivity index (χ1v) is 8.57. The van der Waals surface area contributed by atoms with Crippen LogP contribution in [-0.4, -0.2) is 21.3 Å². The fourth-order valence-electron chi connectivity index (χ4n) is 2.38. The number of nitrogens with zero attached hydrogens (tertiary/aromatic N) is 3. The van der Waals surface area contributed by atoms with Gasteiger partial charge in [-0.3, -0.25) is 4.68 Å². The summed E-state index contributed by atoms with van der Waals surface area (Å²) in [7, 11) is 0. The molecule has 0 saturated heterocycles. The van der Waals surface area contributed by atoms with Crippen molar-refractivity contribution < 1.29 is 0 Å². The van der Waals surface area contributed by atoms with Gasteiger partial charge in [-0.05, 0) is 42.7 Å². The van der Waals surface area contributed by atoms with E-state index in [0.717, 1.165) is 34.7 Å². The Morgan fingerprint density at radius 1 is 1.40 bits per heavy atom. The van der Waals surface area contributed by atoms with Gasteiger partial charge in [0.15, 0.2) is 0 Å². The molecule has 1 unspecified atom stereocenters. The fraction of sp³-hybridized carbons (Fsp3) is 0.571. The van der Waals surface area contributed by atoms with Crippen molar-refractivity contribution in [2.24, 2.45) is 0 Å². The number of rotatable bonds is 6. The van der Waals surface area contributed by atoms with Crippen LogP contribution in [0.15, 0.2) is 10.7 Å². The molecular formula is C14H21BrN4S. The highest BCUT2D eigenvalue weighted by Gasteiger charge is 2.24. The average molecular weight is 357 g/mol. The first-order chi connectivity index (χ1) is 9.58. The largest absolute Gasteiger partial charge is 0.304 e. The molecule has 0 aromatic carbocycles. The van der Waals surface area contributed by atoms with Crippen molar-refractivity contribution in [3.8, 4) is 0 Å². The lowest BCUT2D eigenvalue weighted by Crippen LogP contribution is -2.25. The van der Waals surface area contributed by atoms with E-state index in [1.807, 2.05) is 6.20 Å². The molecule has 0 amide bonds. The van der Waals surface area contributed by atoms with Crippen molar-refractivity contribution in [2.75, 3.05) is 6.54 Å². The summed E-state index contributed by atoms with van der Waals surface area (Å²) in [6.07, 6.45) is 2.96. The highest BCUT2D eigenvalue weighted by Crippen LogP contribution is 2.33. The second kappa shape index (κ2) is 6.83. The van der Waals surface area contributed by atoms with Gasteiger partial charge in [0.1, 0.15) is 0 Å². The maximum absolute atomic E-state index is 4.56. The van der Waals surface area contributed by atoms with Gasteiger partial charge < -0.3 is 5.32 Å². The summed E-state index contributed by atoms with van der Waals surface area (Å²) >= 11 is 5.41. The minimum Gasteiger partial charge on any atom is -0.304 e. The van der Waals surface area contributed by atoms with Crippen molar-refractivity contribution in [3.63, 3.8) is 0 Å². The highest BCUT2D eigenvalue weighted by atomic mass is 79.9. The summed E-state index contributed by atoms with van der Waals surface area (Å²) in [6, 6.07) is 0.148.